The monoisotopic (exact) mass is 171 g/mol. The number of rotatable bonds is 4. The molecule has 68 valence electrons. The molecule has 0 aromatic carbocycles. The lowest BCUT2D eigenvalue weighted by molar-refractivity contribution is -0.136. The van der Waals surface area contributed by atoms with Crippen LogP contribution in [-0.4, -0.2) is 23.9 Å². The molecule has 0 saturated carbocycles. The largest absolute Gasteiger partial charge is 0.392 e. The third kappa shape index (κ3) is 7.61. The fraction of sp³-hybridized carbons (Fsp3) is 1.00. The molecule has 0 heterocycles. The van der Waals surface area contributed by atoms with E-state index in [0.717, 1.165) is 0 Å². The van der Waals surface area contributed by atoms with Gasteiger partial charge in [-0.2, -0.15) is 13.2 Å². The van der Waals surface area contributed by atoms with E-state index in [-0.39, 0.29) is 19.4 Å². The molecule has 2 nitrogen and oxygen atoms in total. The lowest BCUT2D eigenvalue weighted by Gasteiger charge is -2.08. The maximum atomic E-state index is 11.5. The highest BCUT2D eigenvalue weighted by atomic mass is 19.4. The second kappa shape index (κ2) is 4.56. The van der Waals surface area contributed by atoms with Crippen LogP contribution in [0.3, 0.4) is 0 Å². The molecule has 0 aliphatic carbocycles. The Labute approximate surface area is 63.2 Å². The zero-order chi connectivity index (χ0) is 8.91. The average Bonchev–Trinajstić information content (AvgIpc) is 1.85. The summed E-state index contributed by atoms with van der Waals surface area (Å²) in [5, 5.41) is 8.76. The van der Waals surface area contributed by atoms with E-state index in [1.165, 1.54) is 0 Å². The minimum atomic E-state index is -4.12. The Bertz CT molecular complexity index is 104. The van der Waals surface area contributed by atoms with Gasteiger partial charge < -0.3 is 10.8 Å². The van der Waals surface area contributed by atoms with Gasteiger partial charge in [-0.3, -0.25) is 0 Å². The van der Waals surface area contributed by atoms with Crippen LogP contribution >= 0.6 is 0 Å². The van der Waals surface area contributed by atoms with E-state index in [1.54, 1.807) is 0 Å². The van der Waals surface area contributed by atoms with Crippen LogP contribution in [0, 0.1) is 0 Å². The fourth-order valence-electron chi connectivity index (χ4n) is 0.656. The third-order valence-electron chi connectivity index (χ3n) is 1.27. The summed E-state index contributed by atoms with van der Waals surface area (Å²) in [6.07, 6.45) is -5.69. The van der Waals surface area contributed by atoms with Crippen LogP contribution < -0.4 is 5.73 Å². The first-order valence-corrected chi connectivity index (χ1v) is 3.40. The van der Waals surface area contributed by atoms with Crippen molar-refractivity contribution in [3.63, 3.8) is 0 Å². The van der Waals surface area contributed by atoms with Gasteiger partial charge in [-0.25, -0.2) is 0 Å². The lowest BCUT2D eigenvalue weighted by Crippen LogP contribution is -2.20. The molecule has 5 heteroatoms. The van der Waals surface area contributed by atoms with Gasteiger partial charge in [0.2, 0.25) is 0 Å². The molecular weight excluding hydrogens is 159 g/mol. The number of nitrogens with two attached hydrogens (primary N) is 1. The Hall–Kier alpha value is -0.290. The molecule has 0 aromatic heterocycles. The van der Waals surface area contributed by atoms with Crippen LogP contribution in [-0.2, 0) is 0 Å². The van der Waals surface area contributed by atoms with Crippen molar-refractivity contribution in [2.24, 2.45) is 5.73 Å². The highest BCUT2D eigenvalue weighted by Gasteiger charge is 2.26. The van der Waals surface area contributed by atoms with Crippen LogP contribution in [0.5, 0.6) is 0 Å². The Morgan fingerprint density at radius 3 is 2.27 bits per heavy atom. The molecule has 0 fully saturated rings. The number of alkyl halides is 3. The van der Waals surface area contributed by atoms with E-state index in [4.69, 9.17) is 10.8 Å². The normalized spacial score (nSPS) is 15.0. The van der Waals surface area contributed by atoms with E-state index in [1.807, 2.05) is 0 Å². The number of aliphatic hydroxyl groups excluding tert-OH is 1. The highest BCUT2D eigenvalue weighted by molar-refractivity contribution is 4.58. The average molecular weight is 171 g/mol. The molecule has 0 bridgehead atoms. The molecule has 0 aliphatic heterocycles. The summed E-state index contributed by atoms with van der Waals surface area (Å²) in [7, 11) is 0. The van der Waals surface area contributed by atoms with E-state index in [9.17, 15) is 13.2 Å². The summed E-state index contributed by atoms with van der Waals surface area (Å²) in [6.45, 7) is 0.0257. The van der Waals surface area contributed by atoms with Crippen molar-refractivity contribution < 1.29 is 18.3 Å². The zero-order valence-electron chi connectivity index (χ0n) is 6.06. The summed E-state index contributed by atoms with van der Waals surface area (Å²) >= 11 is 0. The van der Waals surface area contributed by atoms with Crippen LogP contribution in [0.15, 0.2) is 0 Å². The quantitative estimate of drug-likeness (QED) is 0.663. The second-order valence-corrected chi connectivity index (χ2v) is 2.40. The van der Waals surface area contributed by atoms with Gasteiger partial charge in [-0.1, -0.05) is 0 Å². The highest BCUT2D eigenvalue weighted by Crippen LogP contribution is 2.22. The molecule has 0 saturated heterocycles. The Morgan fingerprint density at radius 1 is 1.36 bits per heavy atom. The smallest absolute Gasteiger partial charge is 0.389 e. The van der Waals surface area contributed by atoms with Gasteiger partial charge in [0.15, 0.2) is 0 Å². The first-order valence-electron chi connectivity index (χ1n) is 3.40. The van der Waals surface area contributed by atoms with Gasteiger partial charge >= 0.3 is 6.18 Å². The van der Waals surface area contributed by atoms with Gasteiger partial charge in [0.1, 0.15) is 0 Å². The van der Waals surface area contributed by atoms with Crippen molar-refractivity contribution in [1.29, 1.82) is 0 Å². The van der Waals surface area contributed by atoms with E-state index in [0.29, 0.717) is 0 Å². The zero-order valence-corrected chi connectivity index (χ0v) is 6.06. The summed E-state index contributed by atoms with van der Waals surface area (Å²) in [4.78, 5) is 0. The Balaban J connectivity index is 3.28. The standard InChI is InChI=1S/C6H12F3NO/c7-6(8,9)3-1-2-5(11)4-10/h5,11H,1-4,10H2. The molecule has 1 unspecified atom stereocenters. The summed E-state index contributed by atoms with van der Waals surface area (Å²) in [5.74, 6) is 0. The number of aliphatic hydroxyl groups is 1. The Morgan fingerprint density at radius 2 is 1.91 bits per heavy atom. The van der Waals surface area contributed by atoms with Gasteiger partial charge in [0.05, 0.1) is 6.10 Å². The van der Waals surface area contributed by atoms with E-state index >= 15 is 0 Å². The minimum absolute atomic E-state index is 0.0257. The van der Waals surface area contributed by atoms with Crippen LogP contribution in [0.25, 0.3) is 0 Å². The molecule has 11 heavy (non-hydrogen) atoms. The molecule has 0 aliphatic rings. The predicted octanol–water partition coefficient (Wildman–Crippen LogP) is 1.04. The Kier molecular flexibility index (Phi) is 4.44. The van der Waals surface area contributed by atoms with Crippen molar-refractivity contribution in [2.45, 2.75) is 31.5 Å². The fourth-order valence-corrected chi connectivity index (χ4v) is 0.656. The number of hydrogen-bond acceptors (Lipinski definition) is 2. The molecule has 1 atom stereocenters. The maximum Gasteiger partial charge on any atom is 0.389 e. The van der Waals surface area contributed by atoms with Crippen molar-refractivity contribution in [2.75, 3.05) is 6.54 Å². The third-order valence-corrected chi connectivity index (χ3v) is 1.27. The summed E-state index contributed by atoms with van der Waals surface area (Å²) in [5.41, 5.74) is 4.99. The first-order chi connectivity index (χ1) is 4.95. The van der Waals surface area contributed by atoms with Crippen molar-refractivity contribution in [3.05, 3.63) is 0 Å². The minimum Gasteiger partial charge on any atom is -0.392 e. The first kappa shape index (κ1) is 10.7. The maximum absolute atomic E-state index is 11.5. The second-order valence-electron chi connectivity index (χ2n) is 2.40. The van der Waals surface area contributed by atoms with Gasteiger partial charge in [-0.05, 0) is 12.8 Å². The van der Waals surface area contributed by atoms with E-state index in [2.05, 4.69) is 0 Å². The lowest BCUT2D eigenvalue weighted by atomic mass is 10.1. The summed E-state index contributed by atoms with van der Waals surface area (Å²) in [6, 6.07) is 0. The molecule has 0 amide bonds. The van der Waals surface area contributed by atoms with Crippen molar-refractivity contribution >= 4 is 0 Å². The van der Waals surface area contributed by atoms with Crippen LogP contribution in [0.1, 0.15) is 19.3 Å². The molecule has 0 radical (unpaired) electrons. The molecule has 3 N–H and O–H groups in total. The SMILES string of the molecule is NCC(O)CCCC(F)(F)F. The molecule has 0 aromatic rings. The van der Waals surface area contributed by atoms with E-state index < -0.39 is 18.7 Å². The van der Waals surface area contributed by atoms with Crippen molar-refractivity contribution in [3.8, 4) is 0 Å². The predicted molar refractivity (Wildman–Crippen MR) is 35.0 cm³/mol. The van der Waals surface area contributed by atoms with Crippen molar-refractivity contribution in [1.82, 2.24) is 0 Å². The van der Waals surface area contributed by atoms with Crippen LogP contribution in [0.2, 0.25) is 0 Å². The van der Waals surface area contributed by atoms with Crippen LogP contribution in [0.4, 0.5) is 13.2 Å². The molecule has 0 spiro atoms. The number of hydrogen-bond donors (Lipinski definition) is 2. The summed E-state index contributed by atoms with van der Waals surface area (Å²) < 4.78 is 34.5. The van der Waals surface area contributed by atoms with Gasteiger partial charge in [0, 0.05) is 13.0 Å². The molecular formula is C6H12F3NO. The van der Waals surface area contributed by atoms with Gasteiger partial charge in [-0.15, -0.1) is 0 Å². The molecule has 0 rings (SSSR count). The topological polar surface area (TPSA) is 46.2 Å². The number of halogens is 3. The van der Waals surface area contributed by atoms with Gasteiger partial charge in [0.25, 0.3) is 0 Å².